The van der Waals surface area contributed by atoms with E-state index in [1.807, 2.05) is 48.5 Å². The van der Waals surface area contributed by atoms with E-state index in [9.17, 15) is 24.8 Å². The lowest BCUT2D eigenvalue weighted by atomic mass is 9.60. The van der Waals surface area contributed by atoms with Gasteiger partial charge in [-0.2, -0.15) is 0 Å². The van der Waals surface area contributed by atoms with Crippen molar-refractivity contribution >= 4 is 34.7 Å². The standard InChI is InChI=1S/C28H23N4O5/c33-23(16-7-5-8-17(15-16)32(36)37)24-27(18-9-1-3-11-20(18)29-25(27)34)22-13-6-14-31(22)28(24)19-10-2-4-12-21(19)30-26(28)35/h1-5,7-12,15,22,24,36H,6,13-14H2,(H,29,34)(H,30,35)/q-1/t22-,24-,27+,28+/m0/s1. The van der Waals surface area contributed by atoms with E-state index < -0.39 is 22.7 Å². The van der Waals surface area contributed by atoms with Gasteiger partial charge in [0.25, 0.3) is 0 Å². The lowest BCUT2D eigenvalue weighted by Gasteiger charge is -2.38. The van der Waals surface area contributed by atoms with Crippen molar-refractivity contribution in [3.05, 3.63) is 94.7 Å². The molecule has 186 valence electrons. The Morgan fingerprint density at radius 1 is 0.946 bits per heavy atom. The summed E-state index contributed by atoms with van der Waals surface area (Å²) in [7, 11) is 0. The minimum absolute atomic E-state index is 0.111. The van der Waals surface area contributed by atoms with E-state index in [4.69, 9.17) is 0 Å². The van der Waals surface area contributed by atoms with Crippen molar-refractivity contribution < 1.29 is 19.6 Å². The number of nitrogens with zero attached hydrogens (tertiary/aromatic N) is 2. The van der Waals surface area contributed by atoms with Gasteiger partial charge in [0.1, 0.15) is 11.0 Å². The smallest absolute Gasteiger partial charge is 0.250 e. The summed E-state index contributed by atoms with van der Waals surface area (Å²) in [6.07, 6.45) is 1.43. The SMILES string of the molecule is O=C(c1cccc(N([O-])O)c1)[C@H]1[C@]2(C(=O)Nc3ccccc32)[C@@H]2CCCN2[C@@]12C(=O)Nc1ccccc12. The van der Waals surface area contributed by atoms with Gasteiger partial charge in [-0.1, -0.05) is 48.5 Å². The molecule has 2 spiro atoms. The van der Waals surface area contributed by atoms with E-state index in [1.54, 1.807) is 6.07 Å². The fourth-order valence-corrected chi connectivity index (χ4v) is 7.45. The lowest BCUT2D eigenvalue weighted by Crippen LogP contribution is -2.55. The van der Waals surface area contributed by atoms with E-state index in [1.165, 1.54) is 18.2 Å². The zero-order valence-electron chi connectivity index (χ0n) is 19.7. The summed E-state index contributed by atoms with van der Waals surface area (Å²) in [6.45, 7) is 0.554. The topological polar surface area (TPSA) is 125 Å². The van der Waals surface area contributed by atoms with Gasteiger partial charge in [-0.15, -0.1) is 0 Å². The van der Waals surface area contributed by atoms with Crippen molar-refractivity contribution in [2.24, 2.45) is 5.92 Å². The number of Topliss-reactive ketones (excluding diaryl/α,β-unsaturated/α-hetero) is 1. The molecule has 7 rings (SSSR count). The number of fused-ring (bicyclic) bond motifs is 7. The maximum Gasteiger partial charge on any atom is 0.250 e. The Kier molecular flexibility index (Phi) is 4.48. The Hall–Kier alpha value is -4.05. The van der Waals surface area contributed by atoms with Crippen LogP contribution in [0.4, 0.5) is 17.1 Å². The molecule has 0 aromatic heterocycles. The highest BCUT2D eigenvalue weighted by molar-refractivity contribution is 6.18. The lowest BCUT2D eigenvalue weighted by molar-refractivity contribution is -0.128. The highest BCUT2D eigenvalue weighted by Crippen LogP contribution is 2.66. The summed E-state index contributed by atoms with van der Waals surface area (Å²) >= 11 is 0. The number of benzene rings is 3. The molecule has 9 nitrogen and oxygen atoms in total. The molecule has 2 amide bonds. The molecule has 3 aromatic carbocycles. The summed E-state index contributed by atoms with van der Waals surface area (Å²) in [4.78, 5) is 45.1. The largest absolute Gasteiger partial charge is 0.733 e. The molecule has 4 heterocycles. The first-order valence-corrected chi connectivity index (χ1v) is 12.3. The number of rotatable bonds is 3. The monoisotopic (exact) mass is 495 g/mol. The number of carbonyl (C=O) groups is 3. The van der Waals surface area contributed by atoms with Crippen LogP contribution >= 0.6 is 0 Å². The van der Waals surface area contributed by atoms with Gasteiger partial charge in [-0.25, -0.2) is 0 Å². The van der Waals surface area contributed by atoms with Crippen molar-refractivity contribution in [1.82, 2.24) is 4.90 Å². The molecule has 3 N–H and O–H groups in total. The number of para-hydroxylation sites is 2. The number of amides is 2. The third-order valence-electron chi connectivity index (χ3n) is 8.65. The molecular formula is C28H23N4O5-. The van der Waals surface area contributed by atoms with Gasteiger partial charge in [-0.05, 0) is 49.2 Å². The van der Waals surface area contributed by atoms with Crippen molar-refractivity contribution in [1.29, 1.82) is 0 Å². The minimum atomic E-state index is -1.42. The van der Waals surface area contributed by atoms with Crippen LogP contribution in [-0.2, 0) is 20.5 Å². The predicted molar refractivity (Wildman–Crippen MR) is 135 cm³/mol. The molecular weight excluding hydrogens is 472 g/mol. The van der Waals surface area contributed by atoms with Crippen LogP contribution in [0.2, 0.25) is 0 Å². The first-order chi connectivity index (χ1) is 17.9. The van der Waals surface area contributed by atoms with E-state index in [0.29, 0.717) is 35.5 Å². The highest BCUT2D eigenvalue weighted by Gasteiger charge is 2.78. The number of carbonyl (C=O) groups excluding carboxylic acids is 3. The van der Waals surface area contributed by atoms with Gasteiger partial charge in [0, 0.05) is 28.5 Å². The summed E-state index contributed by atoms with van der Waals surface area (Å²) < 4.78 is 0. The van der Waals surface area contributed by atoms with Crippen molar-refractivity contribution in [2.75, 3.05) is 22.4 Å². The molecule has 37 heavy (non-hydrogen) atoms. The summed E-state index contributed by atoms with van der Waals surface area (Å²) in [5, 5.41) is 26.9. The van der Waals surface area contributed by atoms with E-state index in [-0.39, 0.29) is 34.3 Å². The van der Waals surface area contributed by atoms with Crippen LogP contribution in [0.15, 0.2) is 72.8 Å². The van der Waals surface area contributed by atoms with Crippen LogP contribution in [0.5, 0.6) is 0 Å². The van der Waals surface area contributed by atoms with Gasteiger partial charge >= 0.3 is 0 Å². The van der Waals surface area contributed by atoms with Crippen LogP contribution in [0, 0.1) is 11.1 Å². The Labute approximate surface area is 212 Å². The quantitative estimate of drug-likeness (QED) is 0.376. The molecule has 0 radical (unpaired) electrons. The molecule has 3 aromatic rings. The predicted octanol–water partition coefficient (Wildman–Crippen LogP) is 3.39. The van der Waals surface area contributed by atoms with E-state index in [0.717, 1.165) is 6.42 Å². The number of nitrogens with one attached hydrogen (secondary N) is 2. The van der Waals surface area contributed by atoms with Crippen LogP contribution in [0.25, 0.3) is 0 Å². The average molecular weight is 496 g/mol. The van der Waals surface area contributed by atoms with Crippen LogP contribution in [-0.4, -0.2) is 40.3 Å². The fourth-order valence-electron chi connectivity index (χ4n) is 7.45. The Bertz CT molecular complexity index is 1430. The number of hydrogen-bond donors (Lipinski definition) is 3. The summed E-state index contributed by atoms with van der Waals surface area (Å²) in [5.41, 5.74) is -0.0884. The number of anilines is 3. The Morgan fingerprint density at radius 2 is 1.62 bits per heavy atom. The second kappa shape index (κ2) is 7.48. The average Bonchev–Trinajstić information content (AvgIpc) is 3.62. The molecule has 0 unspecified atom stereocenters. The molecule has 9 heteroatoms. The van der Waals surface area contributed by atoms with Crippen LogP contribution in [0.3, 0.4) is 0 Å². The van der Waals surface area contributed by atoms with Crippen LogP contribution in [0.1, 0.15) is 34.3 Å². The second-order valence-corrected chi connectivity index (χ2v) is 10.1. The maximum atomic E-state index is 14.7. The summed E-state index contributed by atoms with van der Waals surface area (Å²) in [5.74, 6) is -2.19. The van der Waals surface area contributed by atoms with Gasteiger partial charge in [-0.3, -0.25) is 24.5 Å². The molecule has 0 bridgehead atoms. The molecule has 0 aliphatic carbocycles. The Morgan fingerprint density at radius 3 is 2.38 bits per heavy atom. The zero-order valence-corrected chi connectivity index (χ0v) is 19.7. The Balaban J connectivity index is 1.56. The molecule has 4 aliphatic heterocycles. The molecule has 0 saturated carbocycles. The van der Waals surface area contributed by atoms with Gasteiger partial charge < -0.3 is 21.1 Å². The van der Waals surface area contributed by atoms with E-state index >= 15 is 0 Å². The number of hydrogen-bond acceptors (Lipinski definition) is 7. The first kappa shape index (κ1) is 22.2. The van der Waals surface area contributed by atoms with Crippen molar-refractivity contribution in [3.8, 4) is 0 Å². The minimum Gasteiger partial charge on any atom is -0.733 e. The van der Waals surface area contributed by atoms with Crippen molar-refractivity contribution in [3.63, 3.8) is 0 Å². The van der Waals surface area contributed by atoms with Gasteiger partial charge in [0.15, 0.2) is 5.78 Å². The molecule has 2 fully saturated rings. The third kappa shape index (κ3) is 2.55. The fraction of sp³-hybridized carbons (Fsp3) is 0.250. The highest BCUT2D eigenvalue weighted by atomic mass is 16.8. The van der Waals surface area contributed by atoms with Gasteiger partial charge in [0.05, 0.1) is 11.6 Å². The maximum absolute atomic E-state index is 14.7. The van der Waals surface area contributed by atoms with Crippen molar-refractivity contribution in [2.45, 2.75) is 29.8 Å². The van der Waals surface area contributed by atoms with Gasteiger partial charge in [0.2, 0.25) is 11.8 Å². The normalized spacial score (nSPS) is 29.2. The summed E-state index contributed by atoms with van der Waals surface area (Å²) in [6, 6.07) is 20.0. The zero-order chi connectivity index (χ0) is 25.5. The van der Waals surface area contributed by atoms with Crippen LogP contribution < -0.4 is 15.9 Å². The second-order valence-electron chi connectivity index (χ2n) is 10.1. The molecule has 4 atom stereocenters. The number of ketones is 1. The first-order valence-electron chi connectivity index (χ1n) is 12.3. The van der Waals surface area contributed by atoms with E-state index in [2.05, 4.69) is 15.5 Å². The third-order valence-corrected chi connectivity index (χ3v) is 8.65. The molecule has 2 saturated heterocycles. The molecule has 4 aliphatic rings.